The Balaban J connectivity index is 1.91. The van der Waals surface area contributed by atoms with Crippen LogP contribution in [0.2, 0.25) is 0 Å². The first-order valence-corrected chi connectivity index (χ1v) is 8.40. The van der Waals surface area contributed by atoms with E-state index in [1.165, 1.54) is 0 Å². The van der Waals surface area contributed by atoms with Crippen molar-refractivity contribution < 1.29 is 18.7 Å². The number of ether oxygens (including phenoxy) is 1. The van der Waals surface area contributed by atoms with Crippen LogP contribution in [0.4, 0.5) is 4.79 Å². The molecule has 0 aliphatic heterocycles. The molecule has 3 rings (SSSR count). The highest BCUT2D eigenvalue weighted by molar-refractivity contribution is 6.06. The second-order valence-electron chi connectivity index (χ2n) is 6.46. The zero-order valence-electron chi connectivity index (χ0n) is 15.0. The van der Waals surface area contributed by atoms with Gasteiger partial charge in [-0.3, -0.25) is 0 Å². The van der Waals surface area contributed by atoms with Crippen LogP contribution in [-0.4, -0.2) is 17.7 Å². The highest BCUT2D eigenvalue weighted by Crippen LogP contribution is 2.30. The van der Waals surface area contributed by atoms with Crippen LogP contribution in [-0.2, 0) is 6.42 Å². The maximum absolute atomic E-state index is 12.6. The number of benzene rings is 1. The molecule has 0 unspecified atom stereocenters. The number of nitrogens with zero attached hydrogens (tertiary/aromatic N) is 1. The smallest absolute Gasteiger partial charge is 0.379 e. The number of fused-ring (bicyclic) bond motifs is 1. The van der Waals surface area contributed by atoms with Crippen molar-refractivity contribution in [3.8, 4) is 5.75 Å². The third-order valence-corrected chi connectivity index (χ3v) is 4.22. The lowest BCUT2D eigenvalue weighted by Crippen LogP contribution is -2.27. The van der Waals surface area contributed by atoms with Crippen LogP contribution in [0.3, 0.4) is 0 Å². The molecular formula is C19H21N3O4. The molecule has 1 aliphatic rings. The number of hydrogen-bond acceptors (Lipinski definition) is 5. The minimum absolute atomic E-state index is 0.155. The van der Waals surface area contributed by atoms with Gasteiger partial charge in [-0.2, -0.15) is 5.10 Å². The van der Waals surface area contributed by atoms with Gasteiger partial charge in [0.25, 0.3) is 0 Å². The Morgan fingerprint density at radius 3 is 2.50 bits per heavy atom. The van der Waals surface area contributed by atoms with E-state index in [9.17, 15) is 9.59 Å². The zero-order chi connectivity index (χ0) is 18.8. The Labute approximate surface area is 151 Å². The van der Waals surface area contributed by atoms with Crippen LogP contribution in [0.15, 0.2) is 27.7 Å². The summed E-state index contributed by atoms with van der Waals surface area (Å²) in [5.74, 6) is 0.753. The third-order valence-electron chi connectivity index (χ3n) is 4.22. The number of nitrogens with two attached hydrogens (primary N) is 1. The van der Waals surface area contributed by atoms with Gasteiger partial charge in [0.05, 0.1) is 5.71 Å². The Morgan fingerprint density at radius 2 is 1.85 bits per heavy atom. The number of furan rings is 1. The van der Waals surface area contributed by atoms with Crippen molar-refractivity contribution in [2.24, 2.45) is 10.8 Å². The topological polar surface area (TPSA) is 107 Å². The molecule has 0 radical (unpaired) electrons. The van der Waals surface area contributed by atoms with E-state index in [4.69, 9.17) is 14.9 Å². The van der Waals surface area contributed by atoms with Crippen LogP contribution in [0.5, 0.6) is 5.75 Å². The Hall–Kier alpha value is -3.09. The maximum Gasteiger partial charge on any atom is 0.379 e. The minimum Gasteiger partial charge on any atom is -0.453 e. The summed E-state index contributed by atoms with van der Waals surface area (Å²) >= 11 is 0. The van der Waals surface area contributed by atoms with E-state index < -0.39 is 12.0 Å². The number of carbonyl (C=O) groups is 2. The molecule has 7 heteroatoms. The molecule has 26 heavy (non-hydrogen) atoms. The Morgan fingerprint density at radius 1 is 1.15 bits per heavy atom. The third kappa shape index (κ3) is 3.61. The Bertz CT molecular complexity index is 891. The number of carbonyl (C=O) groups excluding carboxylic acids is 2. The molecule has 0 spiro atoms. The van der Waals surface area contributed by atoms with Gasteiger partial charge < -0.3 is 14.9 Å². The van der Waals surface area contributed by atoms with Gasteiger partial charge in [0, 0.05) is 17.5 Å². The standard InChI is InChI=1S/C19H21N3O4/c1-10-7-11(2)9-13(8-10)25-18(23)17-12(3)16-14(21-22-19(20)24)5-4-6-15(16)26-17/h7-9H,4-6H2,1-3H3,(H3,20,22,24)/b21-14+. The predicted molar refractivity (Wildman–Crippen MR) is 96.5 cm³/mol. The number of primary amides is 1. The maximum atomic E-state index is 12.6. The second-order valence-corrected chi connectivity index (χ2v) is 6.46. The number of urea groups is 1. The summed E-state index contributed by atoms with van der Waals surface area (Å²) in [7, 11) is 0. The van der Waals surface area contributed by atoms with Crippen LogP contribution in [0.25, 0.3) is 0 Å². The molecular weight excluding hydrogens is 334 g/mol. The van der Waals surface area contributed by atoms with Gasteiger partial charge in [-0.05, 0) is 56.9 Å². The van der Waals surface area contributed by atoms with E-state index in [-0.39, 0.29) is 5.76 Å². The fourth-order valence-corrected chi connectivity index (χ4v) is 3.24. The molecule has 1 aromatic carbocycles. The minimum atomic E-state index is -0.736. The average molecular weight is 355 g/mol. The lowest BCUT2D eigenvalue weighted by molar-refractivity contribution is 0.0698. The molecule has 2 aromatic rings. The molecule has 0 bridgehead atoms. The molecule has 7 nitrogen and oxygen atoms in total. The molecule has 2 amide bonds. The second kappa shape index (κ2) is 7.03. The number of hydrazone groups is 1. The summed E-state index contributed by atoms with van der Waals surface area (Å²) in [6.45, 7) is 5.66. The summed E-state index contributed by atoms with van der Waals surface area (Å²) in [5.41, 5.74) is 11.4. The fraction of sp³-hybridized carbons (Fsp3) is 0.316. The summed E-state index contributed by atoms with van der Waals surface area (Å²) in [5, 5.41) is 4.04. The van der Waals surface area contributed by atoms with E-state index in [2.05, 4.69) is 10.5 Å². The number of rotatable bonds is 3. The molecule has 0 saturated carbocycles. The SMILES string of the molecule is Cc1cc(C)cc(OC(=O)c2oc3c(c2C)/C(=N/NC(N)=O)CCC3)c1. The van der Waals surface area contributed by atoms with Crippen LogP contribution < -0.4 is 15.9 Å². The quantitative estimate of drug-likeness (QED) is 0.501. The predicted octanol–water partition coefficient (Wildman–Crippen LogP) is 3.13. The van der Waals surface area contributed by atoms with E-state index in [1.54, 1.807) is 19.1 Å². The van der Waals surface area contributed by atoms with Crippen LogP contribution in [0.1, 0.15) is 51.4 Å². The summed E-state index contributed by atoms with van der Waals surface area (Å²) in [4.78, 5) is 23.5. The van der Waals surface area contributed by atoms with Gasteiger partial charge in [0.2, 0.25) is 5.76 Å². The van der Waals surface area contributed by atoms with E-state index in [0.717, 1.165) is 23.1 Å². The highest BCUT2D eigenvalue weighted by atomic mass is 16.5. The van der Waals surface area contributed by atoms with Gasteiger partial charge in [0.1, 0.15) is 11.5 Å². The monoisotopic (exact) mass is 355 g/mol. The summed E-state index contributed by atoms with van der Waals surface area (Å²) in [6.07, 6.45) is 2.17. The van der Waals surface area contributed by atoms with Crippen molar-refractivity contribution in [1.82, 2.24) is 5.43 Å². The largest absolute Gasteiger partial charge is 0.453 e. The fourth-order valence-electron chi connectivity index (χ4n) is 3.24. The van der Waals surface area contributed by atoms with Crippen molar-refractivity contribution in [3.05, 3.63) is 52.0 Å². The van der Waals surface area contributed by atoms with Gasteiger partial charge in [-0.1, -0.05) is 6.07 Å². The van der Waals surface area contributed by atoms with E-state index in [1.807, 2.05) is 19.9 Å². The van der Waals surface area contributed by atoms with Crippen molar-refractivity contribution in [2.75, 3.05) is 0 Å². The van der Waals surface area contributed by atoms with Gasteiger partial charge in [-0.25, -0.2) is 15.0 Å². The first kappa shape index (κ1) is 17.7. The number of aryl methyl sites for hydroxylation is 3. The highest BCUT2D eigenvalue weighted by Gasteiger charge is 2.29. The summed E-state index contributed by atoms with van der Waals surface area (Å²) in [6, 6.07) is 4.86. The van der Waals surface area contributed by atoms with E-state index in [0.29, 0.717) is 35.6 Å². The molecule has 136 valence electrons. The zero-order valence-corrected chi connectivity index (χ0v) is 15.0. The average Bonchev–Trinajstić information content (AvgIpc) is 2.89. The molecule has 1 aromatic heterocycles. The molecule has 1 aliphatic carbocycles. The lowest BCUT2D eigenvalue weighted by Gasteiger charge is -2.12. The van der Waals surface area contributed by atoms with Crippen LogP contribution in [0, 0.1) is 20.8 Å². The number of amides is 2. The first-order valence-electron chi connectivity index (χ1n) is 8.40. The molecule has 0 atom stereocenters. The van der Waals surface area contributed by atoms with Gasteiger partial charge >= 0.3 is 12.0 Å². The van der Waals surface area contributed by atoms with Crippen molar-refractivity contribution in [3.63, 3.8) is 0 Å². The van der Waals surface area contributed by atoms with Gasteiger partial charge in [-0.15, -0.1) is 0 Å². The Kier molecular flexibility index (Phi) is 4.79. The molecule has 0 saturated heterocycles. The summed E-state index contributed by atoms with van der Waals surface area (Å²) < 4.78 is 11.3. The number of hydrogen-bond donors (Lipinski definition) is 2. The lowest BCUT2D eigenvalue weighted by atomic mass is 9.93. The molecule has 0 fully saturated rings. The van der Waals surface area contributed by atoms with Crippen LogP contribution >= 0.6 is 0 Å². The van der Waals surface area contributed by atoms with Gasteiger partial charge in [0.15, 0.2) is 0 Å². The van der Waals surface area contributed by atoms with Crippen molar-refractivity contribution in [2.45, 2.75) is 40.0 Å². The first-order chi connectivity index (χ1) is 12.3. The number of nitrogens with one attached hydrogen (secondary N) is 1. The number of esters is 1. The molecule has 3 N–H and O–H groups in total. The molecule has 1 heterocycles. The normalized spacial score (nSPS) is 14.8. The van der Waals surface area contributed by atoms with Crippen molar-refractivity contribution >= 4 is 17.7 Å². The van der Waals surface area contributed by atoms with Crippen molar-refractivity contribution in [1.29, 1.82) is 0 Å². The van der Waals surface area contributed by atoms with E-state index >= 15 is 0 Å².